The molecule has 0 saturated heterocycles. The van der Waals surface area contributed by atoms with Crippen LogP contribution in [0.2, 0.25) is 0 Å². The van der Waals surface area contributed by atoms with Gasteiger partial charge in [-0.15, -0.1) is 0 Å². The van der Waals surface area contributed by atoms with E-state index < -0.39 is 0 Å². The van der Waals surface area contributed by atoms with Gasteiger partial charge >= 0.3 is 0 Å². The first-order chi connectivity index (χ1) is 6.84. The van der Waals surface area contributed by atoms with Gasteiger partial charge in [0.25, 0.3) is 0 Å². The Hall–Kier alpha value is -1.15. The Morgan fingerprint density at radius 1 is 1.50 bits per heavy atom. The van der Waals surface area contributed by atoms with Crippen LogP contribution in [0, 0.1) is 6.92 Å². The Kier molecular flexibility index (Phi) is 2.94. The van der Waals surface area contributed by atoms with Crippen LogP contribution in [-0.4, -0.2) is 17.6 Å². The molecule has 1 N–H and O–H groups in total. The molecule has 1 aromatic rings. The molecule has 14 heavy (non-hydrogen) atoms. The molecule has 1 saturated carbocycles. The zero-order valence-electron chi connectivity index (χ0n) is 8.53. The second-order valence-corrected chi connectivity index (χ2v) is 3.85. The zero-order valence-corrected chi connectivity index (χ0v) is 8.53. The fraction of sp³-hybridized carbons (Fsp3) is 0.417. The van der Waals surface area contributed by atoms with Gasteiger partial charge in [-0.25, -0.2) is 0 Å². The van der Waals surface area contributed by atoms with E-state index >= 15 is 0 Å². The molecule has 2 nitrogen and oxygen atoms in total. The number of aryl methyl sites for hydroxylation is 1. The van der Waals surface area contributed by atoms with Crippen molar-refractivity contribution in [1.82, 2.24) is 10.3 Å². The Labute approximate surface area is 85.1 Å². The van der Waals surface area contributed by atoms with Crippen molar-refractivity contribution in [2.24, 2.45) is 0 Å². The first-order valence-electron chi connectivity index (χ1n) is 5.17. The van der Waals surface area contributed by atoms with Crippen molar-refractivity contribution in [2.45, 2.75) is 25.8 Å². The largest absolute Gasteiger partial charge is 0.311 e. The van der Waals surface area contributed by atoms with Crippen molar-refractivity contribution in [3.63, 3.8) is 0 Å². The highest BCUT2D eigenvalue weighted by Gasteiger charge is 2.18. The molecule has 1 fully saturated rings. The maximum Gasteiger partial charge on any atom is 0.0627 e. The Bertz CT molecular complexity index is 310. The fourth-order valence-corrected chi connectivity index (χ4v) is 1.28. The molecule has 2 heteroatoms. The molecule has 0 aromatic carbocycles. The smallest absolute Gasteiger partial charge is 0.0627 e. The number of nitrogens with one attached hydrogen (secondary N) is 1. The summed E-state index contributed by atoms with van der Waals surface area (Å²) in [6.45, 7) is 3.01. The van der Waals surface area contributed by atoms with Crippen LogP contribution in [0.25, 0.3) is 6.08 Å². The van der Waals surface area contributed by atoms with Crippen molar-refractivity contribution < 1.29 is 0 Å². The zero-order chi connectivity index (χ0) is 9.80. The molecule has 0 bridgehead atoms. The van der Waals surface area contributed by atoms with Crippen LogP contribution >= 0.6 is 0 Å². The van der Waals surface area contributed by atoms with E-state index in [1.807, 2.05) is 12.3 Å². The van der Waals surface area contributed by atoms with Crippen molar-refractivity contribution in [3.05, 3.63) is 35.7 Å². The summed E-state index contributed by atoms with van der Waals surface area (Å²) in [6.07, 6.45) is 8.78. The van der Waals surface area contributed by atoms with Gasteiger partial charge in [-0.2, -0.15) is 0 Å². The van der Waals surface area contributed by atoms with Gasteiger partial charge in [0.15, 0.2) is 0 Å². The van der Waals surface area contributed by atoms with Crippen LogP contribution in [0.1, 0.15) is 24.1 Å². The van der Waals surface area contributed by atoms with Crippen molar-refractivity contribution >= 4 is 6.08 Å². The lowest BCUT2D eigenvalue weighted by atomic mass is 10.2. The maximum atomic E-state index is 4.30. The maximum absolute atomic E-state index is 4.30. The molecule has 0 atom stereocenters. The summed E-state index contributed by atoms with van der Waals surface area (Å²) >= 11 is 0. The first kappa shape index (κ1) is 9.41. The van der Waals surface area contributed by atoms with Gasteiger partial charge in [-0.1, -0.05) is 12.1 Å². The van der Waals surface area contributed by atoms with E-state index in [0.29, 0.717) is 0 Å². The quantitative estimate of drug-likeness (QED) is 0.783. The van der Waals surface area contributed by atoms with E-state index in [9.17, 15) is 0 Å². The highest BCUT2D eigenvalue weighted by Crippen LogP contribution is 2.18. The summed E-state index contributed by atoms with van der Waals surface area (Å²) in [5.41, 5.74) is 2.24. The number of hydrogen-bond acceptors (Lipinski definition) is 2. The molecule has 0 aliphatic heterocycles. The number of nitrogens with zero attached hydrogens (tertiary/aromatic N) is 1. The predicted octanol–water partition coefficient (Wildman–Crippen LogP) is 2.16. The van der Waals surface area contributed by atoms with Crippen LogP contribution in [-0.2, 0) is 0 Å². The lowest BCUT2D eigenvalue weighted by molar-refractivity contribution is 0.754. The van der Waals surface area contributed by atoms with Gasteiger partial charge in [-0.3, -0.25) is 4.98 Å². The van der Waals surface area contributed by atoms with Crippen LogP contribution < -0.4 is 5.32 Å². The van der Waals surface area contributed by atoms with E-state index in [4.69, 9.17) is 0 Å². The standard InChI is InChI=1S/C12H16N2/c1-10-4-5-11(14-9-10)3-2-8-13-12-6-7-12/h2-5,9,12-13H,6-8H2,1H3/b3-2+. The molecule has 1 aliphatic carbocycles. The summed E-state index contributed by atoms with van der Waals surface area (Å²) in [5.74, 6) is 0. The molecule has 1 aromatic heterocycles. The molecule has 1 aliphatic rings. The topological polar surface area (TPSA) is 24.9 Å². The summed E-state index contributed by atoms with van der Waals surface area (Å²) in [6, 6.07) is 4.91. The van der Waals surface area contributed by atoms with Crippen molar-refractivity contribution in [3.8, 4) is 0 Å². The Morgan fingerprint density at radius 2 is 2.36 bits per heavy atom. The van der Waals surface area contributed by atoms with Gasteiger partial charge < -0.3 is 5.32 Å². The third-order valence-corrected chi connectivity index (χ3v) is 2.32. The number of aromatic nitrogens is 1. The highest BCUT2D eigenvalue weighted by molar-refractivity contribution is 5.44. The van der Waals surface area contributed by atoms with Gasteiger partial charge in [-0.05, 0) is 37.5 Å². The van der Waals surface area contributed by atoms with E-state index in [-0.39, 0.29) is 0 Å². The Balaban J connectivity index is 1.80. The van der Waals surface area contributed by atoms with Gasteiger partial charge in [0, 0.05) is 18.8 Å². The second kappa shape index (κ2) is 4.38. The summed E-state index contributed by atoms with van der Waals surface area (Å²) in [7, 11) is 0. The number of pyridine rings is 1. The van der Waals surface area contributed by atoms with E-state index in [1.54, 1.807) is 0 Å². The minimum atomic E-state index is 0.783. The summed E-state index contributed by atoms with van der Waals surface area (Å²) < 4.78 is 0. The Morgan fingerprint density at radius 3 is 3.00 bits per heavy atom. The molecule has 0 amide bonds. The molecule has 74 valence electrons. The van der Waals surface area contributed by atoms with Gasteiger partial charge in [0.1, 0.15) is 0 Å². The lowest BCUT2D eigenvalue weighted by Crippen LogP contribution is -2.15. The van der Waals surface area contributed by atoms with Crippen molar-refractivity contribution in [1.29, 1.82) is 0 Å². The fourth-order valence-electron chi connectivity index (χ4n) is 1.28. The lowest BCUT2D eigenvalue weighted by Gasteiger charge is -1.96. The van der Waals surface area contributed by atoms with Crippen LogP contribution in [0.4, 0.5) is 0 Å². The second-order valence-electron chi connectivity index (χ2n) is 3.85. The molecule has 1 heterocycles. The summed E-state index contributed by atoms with van der Waals surface area (Å²) in [5, 5.41) is 3.42. The molecule has 2 rings (SSSR count). The number of hydrogen-bond donors (Lipinski definition) is 1. The summed E-state index contributed by atoms with van der Waals surface area (Å²) in [4.78, 5) is 4.30. The third-order valence-electron chi connectivity index (χ3n) is 2.32. The average Bonchev–Trinajstić information content (AvgIpc) is 2.99. The first-order valence-corrected chi connectivity index (χ1v) is 5.17. The number of rotatable bonds is 4. The van der Waals surface area contributed by atoms with Gasteiger partial charge in [0.2, 0.25) is 0 Å². The molecular formula is C12H16N2. The predicted molar refractivity (Wildman–Crippen MR) is 59.0 cm³/mol. The van der Waals surface area contributed by atoms with E-state index in [2.05, 4.69) is 35.4 Å². The van der Waals surface area contributed by atoms with Crippen molar-refractivity contribution in [2.75, 3.05) is 6.54 Å². The minimum absolute atomic E-state index is 0.783. The average molecular weight is 188 g/mol. The normalized spacial score (nSPS) is 16.4. The van der Waals surface area contributed by atoms with E-state index in [1.165, 1.54) is 18.4 Å². The van der Waals surface area contributed by atoms with Crippen LogP contribution in [0.5, 0.6) is 0 Å². The monoisotopic (exact) mass is 188 g/mol. The molecular weight excluding hydrogens is 172 g/mol. The SMILES string of the molecule is Cc1ccc(/C=C/CNC2CC2)nc1. The van der Waals surface area contributed by atoms with E-state index in [0.717, 1.165) is 18.3 Å². The van der Waals surface area contributed by atoms with Crippen LogP contribution in [0.3, 0.4) is 0 Å². The van der Waals surface area contributed by atoms with Gasteiger partial charge in [0.05, 0.1) is 5.69 Å². The molecule has 0 spiro atoms. The minimum Gasteiger partial charge on any atom is -0.311 e. The highest BCUT2D eigenvalue weighted by atomic mass is 14.9. The molecule has 0 radical (unpaired) electrons. The third kappa shape index (κ3) is 2.96. The van der Waals surface area contributed by atoms with Crippen LogP contribution in [0.15, 0.2) is 24.4 Å². The molecule has 0 unspecified atom stereocenters.